The number of hydrogen-bond acceptors (Lipinski definition) is 6. The van der Waals surface area contributed by atoms with Crippen molar-refractivity contribution in [3.8, 4) is 11.6 Å². The summed E-state index contributed by atoms with van der Waals surface area (Å²) in [6.45, 7) is 12.7. The molecule has 0 aliphatic carbocycles. The van der Waals surface area contributed by atoms with E-state index in [1.807, 2.05) is 27.7 Å². The molecule has 1 fully saturated rings. The highest BCUT2D eigenvalue weighted by Crippen LogP contribution is 2.45. The highest BCUT2D eigenvalue weighted by Gasteiger charge is 2.57. The van der Waals surface area contributed by atoms with E-state index >= 15 is 0 Å². The van der Waals surface area contributed by atoms with Crippen LogP contribution >= 0.6 is 0 Å². The van der Waals surface area contributed by atoms with Gasteiger partial charge in [-0.1, -0.05) is 6.58 Å². The van der Waals surface area contributed by atoms with Gasteiger partial charge in [0, 0.05) is 17.8 Å². The summed E-state index contributed by atoms with van der Waals surface area (Å²) >= 11 is 0. The predicted molar refractivity (Wildman–Crippen MR) is 117 cm³/mol. The molecule has 1 N–H and O–H groups in total. The quantitative estimate of drug-likeness (QED) is 0.687. The Balaban J connectivity index is 1.89. The molecule has 1 atom stereocenters. The monoisotopic (exact) mass is 444 g/mol. The molecule has 1 amide bonds. The average molecular weight is 445 g/mol. The van der Waals surface area contributed by atoms with Crippen LogP contribution in [0.2, 0.25) is 0 Å². The highest BCUT2D eigenvalue weighted by atomic mass is 32.2. The van der Waals surface area contributed by atoms with E-state index in [1.54, 1.807) is 25.3 Å². The lowest BCUT2D eigenvalue weighted by Gasteiger charge is -2.40. The van der Waals surface area contributed by atoms with Gasteiger partial charge >= 0.3 is 0 Å². The van der Waals surface area contributed by atoms with Gasteiger partial charge in [0.25, 0.3) is 0 Å². The molecule has 0 bridgehead atoms. The second-order valence-corrected chi connectivity index (χ2v) is 10.6. The van der Waals surface area contributed by atoms with E-state index in [-0.39, 0.29) is 16.8 Å². The van der Waals surface area contributed by atoms with Crippen LogP contribution < -0.4 is 10.1 Å². The van der Waals surface area contributed by atoms with Gasteiger partial charge < -0.3 is 10.1 Å². The highest BCUT2D eigenvalue weighted by molar-refractivity contribution is 7.89. The maximum atomic E-state index is 13.6. The molecule has 2 heterocycles. The molecule has 9 heteroatoms. The minimum atomic E-state index is -3.85. The van der Waals surface area contributed by atoms with Gasteiger partial charge in [0.1, 0.15) is 5.75 Å². The molecule has 166 valence electrons. The molecule has 0 radical (unpaired) electrons. The third kappa shape index (κ3) is 4.47. The number of amides is 1. The molecule has 8 nitrogen and oxygen atoms in total. The van der Waals surface area contributed by atoms with Crippen molar-refractivity contribution in [2.45, 2.75) is 63.1 Å². The van der Waals surface area contributed by atoms with Crippen molar-refractivity contribution in [2.24, 2.45) is 0 Å². The van der Waals surface area contributed by atoms with E-state index in [9.17, 15) is 13.2 Å². The van der Waals surface area contributed by atoms with Gasteiger partial charge in [-0.3, -0.25) is 9.78 Å². The van der Waals surface area contributed by atoms with Crippen LogP contribution in [0.1, 0.15) is 39.8 Å². The largest absolute Gasteiger partial charge is 0.437 e. The summed E-state index contributed by atoms with van der Waals surface area (Å²) in [5.41, 5.74) is -0.825. The first-order valence-electron chi connectivity index (χ1n) is 9.93. The molecule has 1 aliphatic rings. The molecule has 0 spiro atoms. The second-order valence-electron chi connectivity index (χ2n) is 8.78. The molecule has 31 heavy (non-hydrogen) atoms. The molecule has 1 saturated heterocycles. The van der Waals surface area contributed by atoms with Crippen LogP contribution in [-0.4, -0.2) is 45.7 Å². The normalized spacial score (nSPS) is 20.2. The minimum Gasteiger partial charge on any atom is -0.437 e. The van der Waals surface area contributed by atoms with Crippen molar-refractivity contribution in [3.63, 3.8) is 0 Å². The number of ether oxygens (including phenoxy) is 1. The minimum absolute atomic E-state index is 0.145. The first-order valence-corrected chi connectivity index (χ1v) is 11.4. The van der Waals surface area contributed by atoms with Crippen LogP contribution in [0.25, 0.3) is 0 Å². The Morgan fingerprint density at radius 1 is 1.23 bits per heavy atom. The smallest absolute Gasteiger partial charge is 0.244 e. The Labute approximate surface area is 183 Å². The molecular formula is C22H28N4O4S. The van der Waals surface area contributed by atoms with E-state index in [2.05, 4.69) is 21.9 Å². The van der Waals surface area contributed by atoms with Crippen molar-refractivity contribution >= 4 is 15.9 Å². The van der Waals surface area contributed by atoms with Crippen molar-refractivity contribution in [2.75, 3.05) is 0 Å². The van der Waals surface area contributed by atoms with E-state index in [1.165, 1.54) is 28.7 Å². The summed E-state index contributed by atoms with van der Waals surface area (Å²) in [6, 6.07) is 5.84. The molecule has 1 aromatic carbocycles. The number of nitrogens with zero attached hydrogens (tertiary/aromatic N) is 3. The summed E-state index contributed by atoms with van der Waals surface area (Å²) < 4.78 is 34.4. The number of aromatic nitrogens is 2. The molecule has 1 aliphatic heterocycles. The van der Waals surface area contributed by atoms with Crippen LogP contribution in [0.15, 0.2) is 54.2 Å². The Hall–Kier alpha value is -2.78. The summed E-state index contributed by atoms with van der Waals surface area (Å²) in [6.07, 6.45) is 4.78. The van der Waals surface area contributed by atoms with Crippen molar-refractivity contribution < 1.29 is 17.9 Å². The van der Waals surface area contributed by atoms with Gasteiger partial charge in [-0.25, -0.2) is 13.4 Å². The van der Waals surface area contributed by atoms with Crippen molar-refractivity contribution in [1.82, 2.24) is 19.6 Å². The van der Waals surface area contributed by atoms with E-state index in [0.717, 1.165) is 0 Å². The molecule has 1 unspecified atom stereocenters. The number of carbonyl (C=O) groups is 1. The molecule has 1 aromatic heterocycles. The molecule has 2 aromatic rings. The van der Waals surface area contributed by atoms with E-state index in [0.29, 0.717) is 23.7 Å². The summed E-state index contributed by atoms with van der Waals surface area (Å²) in [7, 11) is -3.85. The fraction of sp³-hybridized carbons (Fsp3) is 0.409. The van der Waals surface area contributed by atoms with Gasteiger partial charge in [-0.15, -0.1) is 0 Å². The Morgan fingerprint density at radius 3 is 2.45 bits per heavy atom. The van der Waals surface area contributed by atoms with Crippen LogP contribution in [0.5, 0.6) is 11.6 Å². The van der Waals surface area contributed by atoms with Gasteiger partial charge in [0.05, 0.1) is 22.3 Å². The van der Waals surface area contributed by atoms with E-state index < -0.39 is 21.1 Å². The predicted octanol–water partition coefficient (Wildman–Crippen LogP) is 3.20. The summed E-state index contributed by atoms with van der Waals surface area (Å²) in [4.78, 5) is 20.3. The number of carbonyl (C=O) groups excluding carboxylic acids is 1. The standard InChI is InChI=1S/C22H28N4O4S/c1-7-19(27)25-18-12-21(3,4)26(22(18,5)6)31(28,29)17-10-8-16(9-11-17)30-20-14-23-13-15(2)24-20/h7-11,13-14,18H,1,12H2,2-6H3,(H,25,27). The second kappa shape index (κ2) is 8.05. The number of hydrogen-bond donors (Lipinski definition) is 1. The lowest BCUT2D eigenvalue weighted by atomic mass is 9.94. The Morgan fingerprint density at radius 2 is 1.87 bits per heavy atom. The van der Waals surface area contributed by atoms with Crippen molar-refractivity contribution in [3.05, 3.63) is 55.0 Å². The lowest BCUT2D eigenvalue weighted by Crippen LogP contribution is -2.56. The van der Waals surface area contributed by atoms with Gasteiger partial charge in [-0.2, -0.15) is 4.31 Å². The number of aryl methyl sites for hydroxylation is 1. The fourth-order valence-electron chi connectivity index (χ4n) is 4.24. The van der Waals surface area contributed by atoms with Crippen LogP contribution in [0.3, 0.4) is 0 Å². The Kier molecular flexibility index (Phi) is 5.94. The molecule has 0 saturated carbocycles. The van der Waals surface area contributed by atoms with Gasteiger partial charge in [-0.05, 0) is 71.4 Å². The zero-order valence-electron chi connectivity index (χ0n) is 18.4. The molecular weight excluding hydrogens is 416 g/mol. The number of nitrogens with one attached hydrogen (secondary N) is 1. The maximum Gasteiger partial charge on any atom is 0.244 e. The number of rotatable bonds is 6. The zero-order valence-corrected chi connectivity index (χ0v) is 19.2. The van der Waals surface area contributed by atoms with Crippen LogP contribution in [0.4, 0.5) is 0 Å². The average Bonchev–Trinajstić information content (AvgIpc) is 2.85. The summed E-state index contributed by atoms with van der Waals surface area (Å²) in [5.74, 6) is 0.460. The van der Waals surface area contributed by atoms with Gasteiger partial charge in [0.2, 0.25) is 21.8 Å². The Bertz CT molecular complexity index is 1090. The van der Waals surface area contributed by atoms with E-state index in [4.69, 9.17) is 4.74 Å². The number of sulfonamides is 1. The van der Waals surface area contributed by atoms with Crippen molar-refractivity contribution in [1.29, 1.82) is 0 Å². The summed E-state index contributed by atoms with van der Waals surface area (Å²) in [5, 5.41) is 2.87. The maximum absolute atomic E-state index is 13.6. The van der Waals surface area contributed by atoms with Crippen LogP contribution in [0, 0.1) is 6.92 Å². The third-order valence-electron chi connectivity index (χ3n) is 5.45. The number of benzene rings is 1. The zero-order chi connectivity index (χ0) is 23.0. The SMILES string of the molecule is C=CC(=O)NC1CC(C)(C)N(S(=O)(=O)c2ccc(Oc3cncc(C)n3)cc2)C1(C)C. The molecule has 3 rings (SSSR count). The van der Waals surface area contributed by atoms with Crippen LogP contribution in [-0.2, 0) is 14.8 Å². The lowest BCUT2D eigenvalue weighted by molar-refractivity contribution is -0.117. The fourth-order valence-corrected chi connectivity index (χ4v) is 6.41. The third-order valence-corrected chi connectivity index (χ3v) is 7.76. The first kappa shape index (κ1) is 22.9. The first-order chi connectivity index (χ1) is 14.4. The van der Waals surface area contributed by atoms with Gasteiger partial charge in [0.15, 0.2) is 0 Å². The topological polar surface area (TPSA) is 101 Å².